The van der Waals surface area contributed by atoms with Crippen LogP contribution in [0.15, 0.2) is 21.5 Å². The number of halogens is 2. The molecule has 0 aliphatic heterocycles. The Bertz CT molecular complexity index is 345. The van der Waals surface area contributed by atoms with E-state index in [4.69, 9.17) is 0 Å². The molecule has 1 aromatic carbocycles. The molecule has 0 saturated carbocycles. The molecule has 1 aromatic rings. The van der Waals surface area contributed by atoms with Gasteiger partial charge in [-0.3, -0.25) is 10.1 Å². The Hall–Kier alpha value is 0.180. The molecular weight excluding hydrogens is 357 g/mol. The van der Waals surface area contributed by atoms with Gasteiger partial charge in [0.15, 0.2) is 0 Å². The van der Waals surface area contributed by atoms with Crippen molar-refractivity contribution in [2.24, 2.45) is 0 Å². The van der Waals surface area contributed by atoms with Gasteiger partial charge in [-0.15, -0.1) is 12.6 Å². The maximum absolute atomic E-state index is 10.4. The van der Waals surface area contributed by atoms with Crippen molar-refractivity contribution in [3.8, 4) is 0 Å². The van der Waals surface area contributed by atoms with E-state index in [2.05, 4.69) is 28.6 Å². The number of thiol groups is 1. The van der Waals surface area contributed by atoms with Crippen LogP contribution in [0.4, 0.5) is 5.69 Å². The van der Waals surface area contributed by atoms with Crippen molar-refractivity contribution in [3.63, 3.8) is 0 Å². The van der Waals surface area contributed by atoms with Crippen molar-refractivity contribution in [3.05, 3.63) is 30.3 Å². The Morgan fingerprint density at radius 1 is 1.58 bits per heavy atom. The first kappa shape index (κ1) is 10.3. The Morgan fingerprint density at radius 2 is 2.17 bits per heavy atom. The zero-order valence-electron chi connectivity index (χ0n) is 5.62. The SMILES string of the molecule is O=[N+]([O-])c1ccc(Br)c(I)c1S. The van der Waals surface area contributed by atoms with Gasteiger partial charge in [0, 0.05) is 14.1 Å². The molecule has 12 heavy (non-hydrogen) atoms. The molecule has 0 spiro atoms. The van der Waals surface area contributed by atoms with Crippen LogP contribution in [0.2, 0.25) is 0 Å². The van der Waals surface area contributed by atoms with E-state index >= 15 is 0 Å². The van der Waals surface area contributed by atoms with Crippen LogP contribution in [0.1, 0.15) is 0 Å². The van der Waals surface area contributed by atoms with Crippen LogP contribution in [0.25, 0.3) is 0 Å². The summed E-state index contributed by atoms with van der Waals surface area (Å²) in [4.78, 5) is 10.4. The number of rotatable bonds is 1. The van der Waals surface area contributed by atoms with Crippen molar-refractivity contribution in [2.75, 3.05) is 0 Å². The van der Waals surface area contributed by atoms with E-state index in [0.29, 0.717) is 4.90 Å². The summed E-state index contributed by atoms with van der Waals surface area (Å²) in [5.41, 5.74) is 0.0333. The van der Waals surface area contributed by atoms with Gasteiger partial charge in [-0.1, -0.05) is 0 Å². The molecule has 0 unspecified atom stereocenters. The molecule has 0 radical (unpaired) electrons. The molecule has 0 amide bonds. The highest BCUT2D eigenvalue weighted by Gasteiger charge is 2.14. The number of hydrogen-bond acceptors (Lipinski definition) is 3. The van der Waals surface area contributed by atoms with Crippen molar-refractivity contribution < 1.29 is 4.92 Å². The summed E-state index contributed by atoms with van der Waals surface area (Å²) in [5.74, 6) is 0. The second-order valence-corrected chi connectivity index (χ2v) is 4.37. The van der Waals surface area contributed by atoms with E-state index in [9.17, 15) is 10.1 Å². The Morgan fingerprint density at radius 3 is 2.67 bits per heavy atom. The molecule has 6 heteroatoms. The third kappa shape index (κ3) is 1.91. The van der Waals surface area contributed by atoms with Crippen LogP contribution in [0.5, 0.6) is 0 Å². The fourth-order valence-corrected chi connectivity index (χ4v) is 1.89. The standard InChI is InChI=1S/C6H3BrINO2S/c7-3-1-2-4(9(10)11)6(12)5(3)8/h1-2,12H. The lowest BCUT2D eigenvalue weighted by Crippen LogP contribution is -1.91. The van der Waals surface area contributed by atoms with E-state index < -0.39 is 4.92 Å². The fourth-order valence-electron chi connectivity index (χ4n) is 0.677. The number of nitro benzene ring substituents is 1. The van der Waals surface area contributed by atoms with Gasteiger partial charge in [0.1, 0.15) is 0 Å². The van der Waals surface area contributed by atoms with Crippen LogP contribution >= 0.6 is 51.1 Å². The van der Waals surface area contributed by atoms with Gasteiger partial charge in [-0.2, -0.15) is 0 Å². The lowest BCUT2D eigenvalue weighted by Gasteiger charge is -2.00. The zero-order chi connectivity index (χ0) is 9.30. The summed E-state index contributed by atoms with van der Waals surface area (Å²) in [6.07, 6.45) is 0. The highest BCUT2D eigenvalue weighted by atomic mass is 127. The summed E-state index contributed by atoms with van der Waals surface area (Å²) < 4.78 is 1.57. The Balaban J connectivity index is 3.36. The number of nitro groups is 1. The molecule has 0 bridgehead atoms. The van der Waals surface area contributed by atoms with E-state index in [-0.39, 0.29) is 5.69 Å². The topological polar surface area (TPSA) is 43.1 Å². The maximum atomic E-state index is 10.4. The molecule has 0 atom stereocenters. The van der Waals surface area contributed by atoms with E-state index in [1.807, 2.05) is 22.6 Å². The van der Waals surface area contributed by atoms with Gasteiger partial charge in [0.05, 0.1) is 9.82 Å². The molecule has 0 aromatic heterocycles. The van der Waals surface area contributed by atoms with Gasteiger partial charge in [-0.05, 0) is 44.6 Å². The second-order valence-electron chi connectivity index (χ2n) is 1.99. The van der Waals surface area contributed by atoms with Gasteiger partial charge in [0.25, 0.3) is 5.69 Å². The minimum absolute atomic E-state index is 0.0333. The predicted molar refractivity (Wildman–Crippen MR) is 60.8 cm³/mol. The lowest BCUT2D eigenvalue weighted by atomic mass is 10.3. The van der Waals surface area contributed by atoms with E-state index in [1.54, 1.807) is 6.07 Å². The van der Waals surface area contributed by atoms with Gasteiger partial charge in [0.2, 0.25) is 0 Å². The highest BCUT2D eigenvalue weighted by Crippen LogP contribution is 2.32. The van der Waals surface area contributed by atoms with Crippen molar-refractivity contribution in [1.82, 2.24) is 0 Å². The van der Waals surface area contributed by atoms with Gasteiger partial charge in [-0.25, -0.2) is 0 Å². The second kappa shape index (κ2) is 3.93. The molecule has 64 valence electrons. The molecule has 3 nitrogen and oxygen atoms in total. The molecule has 0 fully saturated rings. The quantitative estimate of drug-likeness (QED) is 0.362. The van der Waals surface area contributed by atoms with Gasteiger partial charge >= 0.3 is 0 Å². The zero-order valence-corrected chi connectivity index (χ0v) is 10.3. The normalized spacial score (nSPS) is 9.92. The number of benzene rings is 1. The maximum Gasteiger partial charge on any atom is 0.283 e. The molecule has 0 aliphatic rings. The lowest BCUT2D eigenvalue weighted by molar-refractivity contribution is -0.387. The van der Waals surface area contributed by atoms with Crippen LogP contribution in [-0.4, -0.2) is 4.92 Å². The average Bonchev–Trinajstić information content (AvgIpc) is 2.00. The highest BCUT2D eigenvalue weighted by molar-refractivity contribution is 14.1. The first-order valence-electron chi connectivity index (χ1n) is 2.85. The number of hydrogen-bond donors (Lipinski definition) is 1. The first-order chi connectivity index (χ1) is 5.54. The minimum Gasteiger partial charge on any atom is -0.258 e. The molecule has 0 aliphatic carbocycles. The third-order valence-electron chi connectivity index (χ3n) is 1.24. The largest absolute Gasteiger partial charge is 0.283 e. The summed E-state index contributed by atoms with van der Waals surface area (Å²) in [5, 5.41) is 10.4. The van der Waals surface area contributed by atoms with Crippen LogP contribution in [0.3, 0.4) is 0 Å². The Kier molecular flexibility index (Phi) is 3.36. The van der Waals surface area contributed by atoms with Crippen LogP contribution < -0.4 is 0 Å². The summed E-state index contributed by atoms with van der Waals surface area (Å²) in [6.45, 7) is 0. The molecule has 1 rings (SSSR count). The van der Waals surface area contributed by atoms with Gasteiger partial charge < -0.3 is 0 Å². The van der Waals surface area contributed by atoms with Crippen molar-refractivity contribution in [1.29, 1.82) is 0 Å². The fraction of sp³-hybridized carbons (Fsp3) is 0. The van der Waals surface area contributed by atoms with Crippen molar-refractivity contribution >= 4 is 56.8 Å². The Labute approximate surface area is 96.4 Å². The minimum atomic E-state index is -0.447. The smallest absolute Gasteiger partial charge is 0.258 e. The summed E-state index contributed by atoms with van der Waals surface area (Å²) in [7, 11) is 0. The van der Waals surface area contributed by atoms with E-state index in [0.717, 1.165) is 8.04 Å². The number of nitrogens with zero attached hydrogens (tertiary/aromatic N) is 1. The molecule has 0 N–H and O–H groups in total. The van der Waals surface area contributed by atoms with Crippen LogP contribution in [-0.2, 0) is 0 Å². The summed E-state index contributed by atoms with van der Waals surface area (Å²) >= 11 is 9.29. The molecule has 0 saturated heterocycles. The molecule has 0 heterocycles. The predicted octanol–water partition coefficient (Wildman–Crippen LogP) is 3.25. The first-order valence-corrected chi connectivity index (χ1v) is 5.17. The molecular formula is C6H3BrINO2S. The average molecular weight is 360 g/mol. The van der Waals surface area contributed by atoms with Crippen molar-refractivity contribution in [2.45, 2.75) is 4.90 Å². The van der Waals surface area contributed by atoms with E-state index in [1.165, 1.54) is 6.07 Å². The third-order valence-corrected chi connectivity index (χ3v) is 4.65. The van der Waals surface area contributed by atoms with Crippen LogP contribution in [0, 0.1) is 13.7 Å². The monoisotopic (exact) mass is 359 g/mol. The summed E-state index contributed by atoms with van der Waals surface area (Å²) in [6, 6.07) is 3.06.